The van der Waals surface area contributed by atoms with E-state index in [1.54, 1.807) is 12.3 Å². The summed E-state index contributed by atoms with van der Waals surface area (Å²) in [5, 5.41) is 3.01. The molecular formula is C12H16N4O3. The zero-order chi connectivity index (χ0) is 13.7. The molecule has 0 saturated carbocycles. The van der Waals surface area contributed by atoms with Gasteiger partial charge in [0.15, 0.2) is 0 Å². The highest BCUT2D eigenvalue weighted by molar-refractivity contribution is 5.33. The second-order valence-electron chi connectivity index (χ2n) is 3.70. The summed E-state index contributed by atoms with van der Waals surface area (Å²) in [4.78, 5) is 12.4. The maximum Gasteiger partial charge on any atom is 0.229 e. The Morgan fingerprint density at radius 2 is 1.89 bits per heavy atom. The predicted molar refractivity (Wildman–Crippen MR) is 68.3 cm³/mol. The minimum absolute atomic E-state index is 0.396. The van der Waals surface area contributed by atoms with E-state index in [9.17, 15) is 0 Å². The number of aromatic nitrogens is 3. The topological polar surface area (TPSA) is 82.3 Å². The lowest BCUT2D eigenvalue weighted by Gasteiger charge is -2.06. The van der Waals surface area contributed by atoms with Crippen molar-refractivity contribution >= 4 is 5.95 Å². The Hall–Kier alpha value is -2.31. The predicted octanol–water partition coefficient (Wildman–Crippen LogP) is 1.66. The van der Waals surface area contributed by atoms with Crippen LogP contribution >= 0.6 is 0 Å². The molecule has 2 rings (SSSR count). The van der Waals surface area contributed by atoms with E-state index in [2.05, 4.69) is 20.3 Å². The largest absolute Gasteiger partial charge is 0.481 e. The van der Waals surface area contributed by atoms with Crippen LogP contribution in [0.2, 0.25) is 0 Å². The van der Waals surface area contributed by atoms with Gasteiger partial charge in [-0.3, -0.25) is 0 Å². The molecule has 2 aromatic rings. The molecule has 0 fully saturated rings. The fourth-order valence-corrected chi connectivity index (χ4v) is 1.44. The molecule has 0 aliphatic rings. The molecule has 0 radical (unpaired) electrons. The van der Waals surface area contributed by atoms with Crippen molar-refractivity contribution in [2.45, 2.75) is 19.9 Å². The maximum atomic E-state index is 5.48. The molecule has 0 aliphatic carbocycles. The van der Waals surface area contributed by atoms with Gasteiger partial charge in [-0.1, -0.05) is 6.92 Å². The molecule has 0 saturated heterocycles. The molecule has 0 atom stereocenters. The molecule has 7 heteroatoms. The number of nitrogens with one attached hydrogen (secondary N) is 1. The third-order valence-electron chi connectivity index (χ3n) is 2.45. The van der Waals surface area contributed by atoms with E-state index in [1.807, 2.05) is 6.92 Å². The summed E-state index contributed by atoms with van der Waals surface area (Å²) >= 11 is 0. The first-order valence-corrected chi connectivity index (χ1v) is 5.89. The van der Waals surface area contributed by atoms with Crippen LogP contribution in [-0.4, -0.2) is 29.2 Å². The minimum Gasteiger partial charge on any atom is -0.481 e. The first-order valence-electron chi connectivity index (χ1n) is 5.89. The third kappa shape index (κ3) is 3.34. The number of nitrogens with zero attached hydrogens (tertiary/aromatic N) is 3. The Morgan fingerprint density at radius 1 is 1.21 bits per heavy atom. The van der Waals surface area contributed by atoms with Gasteiger partial charge in [-0.2, -0.15) is 9.97 Å². The Morgan fingerprint density at radius 3 is 2.42 bits per heavy atom. The van der Waals surface area contributed by atoms with Crippen molar-refractivity contribution in [2.24, 2.45) is 0 Å². The number of rotatable bonds is 6. The molecule has 0 unspecified atom stereocenters. The van der Waals surface area contributed by atoms with Crippen LogP contribution in [0.4, 0.5) is 5.95 Å². The van der Waals surface area contributed by atoms with Gasteiger partial charge in [0.1, 0.15) is 5.76 Å². The molecule has 2 heterocycles. The quantitative estimate of drug-likeness (QED) is 0.849. The van der Waals surface area contributed by atoms with Gasteiger partial charge in [-0.25, -0.2) is 4.98 Å². The highest BCUT2D eigenvalue weighted by Gasteiger charge is 2.07. The fraction of sp³-hybridized carbons (Fsp3) is 0.417. The maximum absolute atomic E-state index is 5.48. The number of ether oxygens (including phenoxy) is 2. The van der Waals surface area contributed by atoms with E-state index in [4.69, 9.17) is 13.9 Å². The van der Waals surface area contributed by atoms with Crippen LogP contribution in [0, 0.1) is 0 Å². The molecular weight excluding hydrogens is 248 g/mol. The van der Waals surface area contributed by atoms with Crippen LogP contribution in [0.3, 0.4) is 0 Å². The van der Waals surface area contributed by atoms with Gasteiger partial charge >= 0.3 is 0 Å². The van der Waals surface area contributed by atoms with Crippen LogP contribution in [-0.2, 0) is 13.0 Å². The highest BCUT2D eigenvalue weighted by Crippen LogP contribution is 2.17. The molecule has 2 aromatic heterocycles. The Bertz CT molecular complexity index is 519. The van der Waals surface area contributed by atoms with Gasteiger partial charge < -0.3 is 19.2 Å². The summed E-state index contributed by atoms with van der Waals surface area (Å²) < 4.78 is 15.6. The summed E-state index contributed by atoms with van der Waals surface area (Å²) in [7, 11) is 3.07. The van der Waals surface area contributed by atoms with Crippen LogP contribution < -0.4 is 14.8 Å². The van der Waals surface area contributed by atoms with E-state index < -0.39 is 0 Å². The van der Waals surface area contributed by atoms with Crippen molar-refractivity contribution in [3.63, 3.8) is 0 Å². The van der Waals surface area contributed by atoms with E-state index in [0.29, 0.717) is 30.1 Å². The van der Waals surface area contributed by atoms with Crippen LogP contribution in [0.5, 0.6) is 11.8 Å². The fourth-order valence-electron chi connectivity index (χ4n) is 1.44. The first kappa shape index (κ1) is 13.1. The van der Waals surface area contributed by atoms with Crippen molar-refractivity contribution in [3.8, 4) is 11.8 Å². The molecule has 7 nitrogen and oxygen atoms in total. The zero-order valence-corrected chi connectivity index (χ0v) is 11.1. The molecule has 0 spiro atoms. The summed E-state index contributed by atoms with van der Waals surface area (Å²) in [5.74, 6) is 2.68. The first-order chi connectivity index (χ1) is 9.25. The van der Waals surface area contributed by atoms with Gasteiger partial charge in [0, 0.05) is 6.42 Å². The highest BCUT2D eigenvalue weighted by atomic mass is 16.5. The molecule has 19 heavy (non-hydrogen) atoms. The molecule has 1 N–H and O–H groups in total. The van der Waals surface area contributed by atoms with Gasteiger partial charge in [0.25, 0.3) is 0 Å². The average molecular weight is 264 g/mol. The normalized spacial score (nSPS) is 10.3. The van der Waals surface area contributed by atoms with Crippen molar-refractivity contribution in [2.75, 3.05) is 19.5 Å². The lowest BCUT2D eigenvalue weighted by atomic mass is 10.4. The van der Waals surface area contributed by atoms with E-state index >= 15 is 0 Å². The van der Waals surface area contributed by atoms with Gasteiger partial charge in [-0.15, -0.1) is 0 Å². The molecule has 0 amide bonds. The van der Waals surface area contributed by atoms with E-state index in [0.717, 1.165) is 12.2 Å². The number of methoxy groups -OCH3 is 2. The SMILES string of the molecule is CCc1cnc(CNc2nc(OC)cc(OC)n2)o1. The molecule has 0 bridgehead atoms. The molecule has 0 aromatic carbocycles. The third-order valence-corrected chi connectivity index (χ3v) is 2.45. The zero-order valence-electron chi connectivity index (χ0n) is 11.1. The van der Waals surface area contributed by atoms with Crippen molar-refractivity contribution in [1.82, 2.24) is 15.0 Å². The van der Waals surface area contributed by atoms with Gasteiger partial charge in [-0.05, 0) is 0 Å². The van der Waals surface area contributed by atoms with E-state index in [1.165, 1.54) is 14.2 Å². The summed E-state index contributed by atoms with van der Waals surface area (Å²) in [6, 6.07) is 1.60. The summed E-state index contributed by atoms with van der Waals surface area (Å²) in [6.45, 7) is 2.41. The van der Waals surface area contributed by atoms with Crippen molar-refractivity contribution in [3.05, 3.63) is 23.9 Å². The van der Waals surface area contributed by atoms with Gasteiger partial charge in [0.05, 0.1) is 33.0 Å². The monoisotopic (exact) mass is 264 g/mol. The number of oxazole rings is 1. The second-order valence-corrected chi connectivity index (χ2v) is 3.70. The number of anilines is 1. The Kier molecular flexibility index (Phi) is 4.17. The smallest absolute Gasteiger partial charge is 0.229 e. The number of aryl methyl sites for hydroxylation is 1. The Labute approximate surface area is 111 Å². The standard InChI is InChI=1S/C12H16N4O3/c1-4-8-6-13-11(19-8)7-14-12-15-9(17-2)5-10(16-12)18-3/h5-6H,4,7H2,1-3H3,(H,14,15,16). The van der Waals surface area contributed by atoms with Crippen molar-refractivity contribution in [1.29, 1.82) is 0 Å². The van der Waals surface area contributed by atoms with Crippen LogP contribution in [0.15, 0.2) is 16.7 Å². The molecule has 102 valence electrons. The van der Waals surface area contributed by atoms with Crippen molar-refractivity contribution < 1.29 is 13.9 Å². The van der Waals surface area contributed by atoms with Gasteiger partial charge in [0.2, 0.25) is 23.6 Å². The average Bonchev–Trinajstić information content (AvgIpc) is 2.92. The number of hydrogen-bond acceptors (Lipinski definition) is 7. The minimum atomic E-state index is 0.396. The van der Waals surface area contributed by atoms with E-state index in [-0.39, 0.29) is 0 Å². The summed E-state index contributed by atoms with van der Waals surface area (Å²) in [6.07, 6.45) is 2.53. The lowest BCUT2D eigenvalue weighted by Crippen LogP contribution is -2.05. The van der Waals surface area contributed by atoms with Crippen LogP contribution in [0.25, 0.3) is 0 Å². The Balaban J connectivity index is 2.05. The lowest BCUT2D eigenvalue weighted by molar-refractivity contribution is 0.372. The number of hydrogen-bond donors (Lipinski definition) is 1. The van der Waals surface area contributed by atoms with Crippen LogP contribution in [0.1, 0.15) is 18.6 Å². The summed E-state index contributed by atoms with van der Waals surface area (Å²) in [5.41, 5.74) is 0. The molecule has 0 aliphatic heterocycles. The second kappa shape index (κ2) is 6.03.